The summed E-state index contributed by atoms with van der Waals surface area (Å²) in [7, 11) is 1.62. The summed E-state index contributed by atoms with van der Waals surface area (Å²) in [4.78, 5) is 19.3. The van der Waals surface area contributed by atoms with Gasteiger partial charge in [-0.1, -0.05) is 6.07 Å². The average Bonchev–Trinajstić information content (AvgIpc) is 3.35. The summed E-state index contributed by atoms with van der Waals surface area (Å²) in [6.07, 6.45) is 3.54. The van der Waals surface area contributed by atoms with Crippen molar-refractivity contribution in [1.29, 1.82) is 0 Å². The number of rotatable bonds is 3. The number of ether oxygens (including phenoxy) is 2. The second-order valence-electron chi connectivity index (χ2n) is 8.01. The third kappa shape index (κ3) is 3.08. The highest BCUT2D eigenvalue weighted by atomic mass is 16.5. The van der Waals surface area contributed by atoms with Crippen LogP contribution in [0.4, 0.5) is 5.69 Å². The van der Waals surface area contributed by atoms with Gasteiger partial charge in [0.25, 0.3) is 5.91 Å². The molecule has 0 aliphatic carbocycles. The highest BCUT2D eigenvalue weighted by molar-refractivity contribution is 6.06. The fraction of sp³-hybridized carbons (Fsp3) is 0.333. The summed E-state index contributed by atoms with van der Waals surface area (Å²) >= 11 is 0. The van der Waals surface area contributed by atoms with Crippen molar-refractivity contribution in [2.75, 3.05) is 31.8 Å². The molecule has 30 heavy (non-hydrogen) atoms. The molecule has 154 valence electrons. The third-order valence-corrected chi connectivity index (χ3v) is 6.24. The highest BCUT2D eigenvalue weighted by Gasteiger charge is 2.46. The summed E-state index contributed by atoms with van der Waals surface area (Å²) in [5, 5.41) is 0. The second kappa shape index (κ2) is 7.29. The number of carbonyl (C=O) groups excluding carboxylic acids is 1. The molecule has 1 aromatic carbocycles. The van der Waals surface area contributed by atoms with E-state index in [1.165, 1.54) is 5.56 Å². The number of furan rings is 1. The first kappa shape index (κ1) is 18.9. The molecule has 0 saturated carbocycles. The quantitative estimate of drug-likeness (QED) is 0.649. The van der Waals surface area contributed by atoms with Crippen LogP contribution in [0.15, 0.2) is 53.1 Å². The smallest absolute Gasteiger partial charge is 0.294 e. The molecule has 1 spiro atoms. The van der Waals surface area contributed by atoms with Gasteiger partial charge in [0.15, 0.2) is 5.76 Å². The zero-order valence-corrected chi connectivity index (χ0v) is 17.2. The minimum absolute atomic E-state index is 0.0916. The van der Waals surface area contributed by atoms with Crippen LogP contribution in [0.3, 0.4) is 0 Å². The molecule has 4 heterocycles. The van der Waals surface area contributed by atoms with Gasteiger partial charge in [0.1, 0.15) is 5.76 Å². The van der Waals surface area contributed by atoms with E-state index >= 15 is 0 Å². The van der Waals surface area contributed by atoms with Crippen LogP contribution in [0.1, 0.15) is 34.7 Å². The van der Waals surface area contributed by atoms with Crippen LogP contribution >= 0.6 is 0 Å². The molecule has 0 N–H and O–H groups in total. The first-order chi connectivity index (χ1) is 14.6. The predicted molar refractivity (Wildman–Crippen MR) is 113 cm³/mol. The first-order valence-electron chi connectivity index (χ1n) is 10.2. The summed E-state index contributed by atoms with van der Waals surface area (Å²) in [5.74, 6) is 1.61. The van der Waals surface area contributed by atoms with Crippen LogP contribution < -0.4 is 9.64 Å². The van der Waals surface area contributed by atoms with E-state index in [0.717, 1.165) is 35.4 Å². The van der Waals surface area contributed by atoms with E-state index in [-0.39, 0.29) is 11.3 Å². The molecule has 1 amide bonds. The van der Waals surface area contributed by atoms with Crippen LogP contribution in [-0.2, 0) is 10.2 Å². The number of fused-ring (bicyclic) bond motifs is 2. The third-order valence-electron chi connectivity index (χ3n) is 6.24. The van der Waals surface area contributed by atoms with Gasteiger partial charge in [0, 0.05) is 43.1 Å². The average molecular weight is 404 g/mol. The summed E-state index contributed by atoms with van der Waals surface area (Å²) < 4.78 is 16.6. The van der Waals surface area contributed by atoms with E-state index in [1.807, 2.05) is 30.0 Å². The Balaban J connectivity index is 1.59. The Kier molecular flexibility index (Phi) is 4.59. The standard InChI is InChI=1S/C24H24N2O4/c1-16-3-6-21(30-16)23(27)26-15-24(8-11-29-12-9-24)19-13-17(4-5-20(19)26)18-7-10-25-22(14-18)28-2/h3-7,10,13-14H,8-9,11-12,15H2,1-2H3. The van der Waals surface area contributed by atoms with Gasteiger partial charge in [-0.05, 0) is 66.8 Å². The van der Waals surface area contributed by atoms with E-state index < -0.39 is 0 Å². The fourth-order valence-electron chi connectivity index (χ4n) is 4.60. The minimum atomic E-state index is -0.0992. The van der Waals surface area contributed by atoms with Crippen molar-refractivity contribution in [2.24, 2.45) is 0 Å². The number of hydrogen-bond donors (Lipinski definition) is 0. The largest absolute Gasteiger partial charge is 0.481 e. The maximum Gasteiger partial charge on any atom is 0.294 e. The number of hydrogen-bond acceptors (Lipinski definition) is 5. The number of amides is 1. The SMILES string of the molecule is COc1cc(-c2ccc3c(c2)C2(CCOCC2)CN3C(=O)c2ccc(C)o2)ccn1. The van der Waals surface area contributed by atoms with Crippen molar-refractivity contribution >= 4 is 11.6 Å². The Morgan fingerprint density at radius 2 is 1.90 bits per heavy atom. The van der Waals surface area contributed by atoms with E-state index in [4.69, 9.17) is 13.9 Å². The van der Waals surface area contributed by atoms with Crippen molar-refractivity contribution in [1.82, 2.24) is 4.98 Å². The topological polar surface area (TPSA) is 64.8 Å². The lowest BCUT2D eigenvalue weighted by Gasteiger charge is -2.34. The van der Waals surface area contributed by atoms with Crippen molar-refractivity contribution in [3.05, 3.63) is 65.7 Å². The van der Waals surface area contributed by atoms with Crippen LogP contribution in [0.2, 0.25) is 0 Å². The van der Waals surface area contributed by atoms with E-state index in [0.29, 0.717) is 31.4 Å². The van der Waals surface area contributed by atoms with Crippen molar-refractivity contribution in [3.8, 4) is 17.0 Å². The van der Waals surface area contributed by atoms with Crippen LogP contribution in [-0.4, -0.2) is 37.8 Å². The molecule has 1 saturated heterocycles. The Bertz CT molecular complexity index is 1100. The lowest BCUT2D eigenvalue weighted by molar-refractivity contribution is 0.0546. The number of pyridine rings is 1. The Labute approximate surface area is 175 Å². The molecular weight excluding hydrogens is 380 g/mol. The molecule has 2 aliphatic heterocycles. The van der Waals surface area contributed by atoms with E-state index in [1.54, 1.807) is 19.4 Å². The lowest BCUT2D eigenvalue weighted by Crippen LogP contribution is -2.40. The Morgan fingerprint density at radius 3 is 2.63 bits per heavy atom. The highest BCUT2D eigenvalue weighted by Crippen LogP contribution is 2.48. The number of nitrogens with zero attached hydrogens (tertiary/aromatic N) is 2. The molecule has 6 nitrogen and oxygen atoms in total. The number of aryl methyl sites for hydroxylation is 1. The van der Waals surface area contributed by atoms with E-state index in [9.17, 15) is 4.79 Å². The Morgan fingerprint density at radius 1 is 1.10 bits per heavy atom. The van der Waals surface area contributed by atoms with Gasteiger partial charge < -0.3 is 18.8 Å². The second-order valence-corrected chi connectivity index (χ2v) is 8.01. The maximum atomic E-state index is 13.3. The van der Waals surface area contributed by atoms with Crippen LogP contribution in [0.25, 0.3) is 11.1 Å². The molecule has 2 aliphatic rings. The molecule has 6 heteroatoms. The van der Waals surface area contributed by atoms with Gasteiger partial charge in [-0.2, -0.15) is 0 Å². The van der Waals surface area contributed by atoms with Crippen LogP contribution in [0.5, 0.6) is 5.88 Å². The minimum Gasteiger partial charge on any atom is -0.481 e. The van der Waals surface area contributed by atoms with Crippen molar-refractivity contribution in [2.45, 2.75) is 25.2 Å². The van der Waals surface area contributed by atoms with E-state index in [2.05, 4.69) is 23.2 Å². The van der Waals surface area contributed by atoms with Gasteiger partial charge in [0.05, 0.1) is 7.11 Å². The molecule has 1 fully saturated rings. The van der Waals surface area contributed by atoms with Crippen LogP contribution in [0, 0.1) is 6.92 Å². The molecular formula is C24H24N2O4. The van der Waals surface area contributed by atoms with Crippen molar-refractivity contribution < 1.29 is 18.7 Å². The summed E-state index contributed by atoms with van der Waals surface area (Å²) in [6, 6.07) is 13.8. The van der Waals surface area contributed by atoms with Gasteiger partial charge in [0.2, 0.25) is 5.88 Å². The monoisotopic (exact) mass is 404 g/mol. The number of methoxy groups -OCH3 is 1. The maximum absolute atomic E-state index is 13.3. The zero-order valence-electron chi connectivity index (χ0n) is 17.2. The lowest BCUT2D eigenvalue weighted by atomic mass is 9.75. The zero-order chi connectivity index (χ0) is 20.7. The van der Waals surface area contributed by atoms with Gasteiger partial charge in [-0.3, -0.25) is 4.79 Å². The normalized spacial score (nSPS) is 17.2. The number of benzene rings is 1. The van der Waals surface area contributed by atoms with Gasteiger partial charge >= 0.3 is 0 Å². The molecule has 5 rings (SSSR count). The summed E-state index contributed by atoms with van der Waals surface area (Å²) in [6.45, 7) is 3.90. The van der Waals surface area contributed by atoms with Gasteiger partial charge in [-0.25, -0.2) is 4.98 Å². The molecule has 0 unspecified atom stereocenters. The predicted octanol–water partition coefficient (Wildman–Crippen LogP) is 4.37. The molecule has 0 bridgehead atoms. The molecule has 0 radical (unpaired) electrons. The summed E-state index contributed by atoms with van der Waals surface area (Å²) in [5.41, 5.74) is 4.19. The van der Waals surface area contributed by atoms with Crippen molar-refractivity contribution in [3.63, 3.8) is 0 Å². The first-order valence-corrected chi connectivity index (χ1v) is 10.2. The number of aromatic nitrogens is 1. The Hall–Kier alpha value is -3.12. The number of carbonyl (C=O) groups is 1. The number of anilines is 1. The molecule has 3 aromatic rings. The van der Waals surface area contributed by atoms with Gasteiger partial charge in [-0.15, -0.1) is 0 Å². The molecule has 0 atom stereocenters. The molecule has 2 aromatic heterocycles. The fourth-order valence-corrected chi connectivity index (χ4v) is 4.60.